The second kappa shape index (κ2) is 4.30. The maximum atomic E-state index is 12.1. The fraction of sp³-hybridized carbons (Fsp3) is 0.286. The van der Waals surface area contributed by atoms with E-state index in [1.54, 1.807) is 22.9 Å². The molecular weight excluding hydrogens is 290 g/mol. The highest BCUT2D eigenvalue weighted by Crippen LogP contribution is 2.38. The van der Waals surface area contributed by atoms with E-state index in [1.165, 1.54) is 4.90 Å². The lowest BCUT2D eigenvalue weighted by Gasteiger charge is -2.38. The summed E-state index contributed by atoms with van der Waals surface area (Å²) in [6.07, 6.45) is 3.64. The first-order valence-corrected chi connectivity index (χ1v) is 6.80. The van der Waals surface area contributed by atoms with E-state index < -0.39 is 11.9 Å². The summed E-state index contributed by atoms with van der Waals surface area (Å²) in [4.78, 5) is 36.0. The molecule has 0 radical (unpaired) electrons. The van der Waals surface area contributed by atoms with Crippen LogP contribution in [0.1, 0.15) is 22.6 Å². The average molecular weight is 301 g/mol. The Kier molecular flexibility index (Phi) is 2.50. The fourth-order valence-electron chi connectivity index (χ4n) is 2.98. The number of carboxylic acids is 1. The Hall–Kier alpha value is -2.90. The molecule has 0 aromatic carbocycles. The number of rotatable bonds is 2. The van der Waals surface area contributed by atoms with Gasteiger partial charge in [-0.25, -0.2) is 9.59 Å². The van der Waals surface area contributed by atoms with Gasteiger partial charge in [0.05, 0.1) is 18.3 Å². The molecule has 1 N–H and O–H groups in total. The largest absolute Gasteiger partial charge is 0.477 e. The number of cyclic esters (lactones) is 1. The third-order valence-corrected chi connectivity index (χ3v) is 4.00. The number of aromatic nitrogens is 2. The Morgan fingerprint density at radius 3 is 3.00 bits per heavy atom. The lowest BCUT2D eigenvalue weighted by molar-refractivity contribution is -0.142. The van der Waals surface area contributed by atoms with Crippen molar-refractivity contribution >= 4 is 23.9 Å². The van der Waals surface area contributed by atoms with Crippen molar-refractivity contribution in [3.05, 3.63) is 34.8 Å². The molecule has 4 rings (SSSR count). The van der Waals surface area contributed by atoms with Gasteiger partial charge in [-0.2, -0.15) is 5.10 Å². The minimum absolute atomic E-state index is 0.0277. The first kappa shape index (κ1) is 12.8. The van der Waals surface area contributed by atoms with Crippen LogP contribution in [0.5, 0.6) is 0 Å². The molecule has 0 aliphatic carbocycles. The predicted molar refractivity (Wildman–Crippen MR) is 71.5 cm³/mol. The van der Waals surface area contributed by atoms with Crippen molar-refractivity contribution in [3.8, 4) is 0 Å². The third kappa shape index (κ3) is 1.63. The van der Waals surface area contributed by atoms with E-state index in [0.29, 0.717) is 29.9 Å². The van der Waals surface area contributed by atoms with Crippen LogP contribution in [0.3, 0.4) is 0 Å². The van der Waals surface area contributed by atoms with E-state index in [9.17, 15) is 14.4 Å². The summed E-state index contributed by atoms with van der Waals surface area (Å²) in [6.45, 7) is 0.767. The number of fused-ring (bicyclic) bond motifs is 2. The summed E-state index contributed by atoms with van der Waals surface area (Å²) in [5.41, 5.74) is 1.40. The quantitative estimate of drug-likeness (QED) is 0.469. The van der Waals surface area contributed by atoms with Gasteiger partial charge in [0.15, 0.2) is 0 Å². The Bertz CT molecular complexity index is 788. The number of ether oxygens (including phenoxy) is 1. The first-order chi connectivity index (χ1) is 10.6. The number of hydrogen-bond donors (Lipinski definition) is 1. The number of β-lactam (4-membered cyclic amide) rings is 1. The van der Waals surface area contributed by atoms with Gasteiger partial charge in [0.1, 0.15) is 18.0 Å². The molecule has 1 aromatic rings. The molecule has 0 spiro atoms. The van der Waals surface area contributed by atoms with Gasteiger partial charge in [-0.15, -0.1) is 0 Å². The van der Waals surface area contributed by atoms with Gasteiger partial charge in [-0.3, -0.25) is 14.4 Å². The summed E-state index contributed by atoms with van der Waals surface area (Å²) < 4.78 is 6.47. The highest BCUT2D eigenvalue weighted by Gasteiger charge is 2.48. The van der Waals surface area contributed by atoms with Crippen molar-refractivity contribution in [1.29, 1.82) is 0 Å². The number of aliphatic carboxylic acids is 1. The number of carbonyl (C=O) groups is 3. The maximum absolute atomic E-state index is 12.1. The van der Waals surface area contributed by atoms with E-state index in [4.69, 9.17) is 9.84 Å². The zero-order valence-electron chi connectivity index (χ0n) is 11.4. The molecule has 0 saturated carbocycles. The zero-order valence-corrected chi connectivity index (χ0v) is 11.4. The van der Waals surface area contributed by atoms with E-state index in [0.717, 1.165) is 0 Å². The molecule has 3 aliphatic rings. The van der Waals surface area contributed by atoms with Gasteiger partial charge in [0.25, 0.3) is 5.91 Å². The molecule has 22 heavy (non-hydrogen) atoms. The van der Waals surface area contributed by atoms with E-state index in [1.807, 2.05) is 0 Å². The van der Waals surface area contributed by atoms with Crippen LogP contribution < -0.4 is 0 Å². The molecule has 1 atom stereocenters. The number of carbonyl (C=O) groups excluding carboxylic acids is 2. The topological polar surface area (TPSA) is 102 Å². The lowest BCUT2D eigenvalue weighted by atomic mass is 9.93. The maximum Gasteiger partial charge on any atom is 0.356 e. The van der Waals surface area contributed by atoms with Crippen molar-refractivity contribution in [3.63, 3.8) is 0 Å². The van der Waals surface area contributed by atoms with Crippen LogP contribution in [0.25, 0.3) is 6.08 Å². The Morgan fingerprint density at radius 2 is 2.27 bits per heavy atom. The number of hydrogen-bond acceptors (Lipinski definition) is 5. The van der Waals surface area contributed by atoms with Crippen molar-refractivity contribution < 1.29 is 24.2 Å². The molecule has 0 bridgehead atoms. The molecule has 1 saturated heterocycles. The standard InChI is InChI=1S/C14H11N3O5/c18-12-8(9-1-2-10(13(19)20)17(9)12)5-7-6-11-14(21)22-4-3-16(11)15-7/h2,5-6,9H,1,3-4H2,(H,19,20)/t9-/m1/s1. The molecular formula is C14H11N3O5. The van der Waals surface area contributed by atoms with Crippen molar-refractivity contribution in [2.45, 2.75) is 19.0 Å². The minimum atomic E-state index is -1.10. The molecule has 8 heteroatoms. The minimum Gasteiger partial charge on any atom is -0.477 e. The van der Waals surface area contributed by atoms with Crippen LogP contribution in [-0.4, -0.2) is 50.3 Å². The molecule has 0 unspecified atom stereocenters. The molecule has 112 valence electrons. The zero-order chi connectivity index (χ0) is 15.4. The second-order valence-electron chi connectivity index (χ2n) is 5.23. The predicted octanol–water partition coefficient (Wildman–Crippen LogP) is 0.0199. The summed E-state index contributed by atoms with van der Waals surface area (Å²) in [5, 5.41) is 13.3. The smallest absolute Gasteiger partial charge is 0.356 e. The number of carboxylic acid groups (broad SMARTS) is 1. The number of amides is 1. The van der Waals surface area contributed by atoms with Crippen LogP contribution in [0, 0.1) is 0 Å². The van der Waals surface area contributed by atoms with Crippen LogP contribution in [0.2, 0.25) is 0 Å². The van der Waals surface area contributed by atoms with Gasteiger partial charge in [0, 0.05) is 5.57 Å². The van der Waals surface area contributed by atoms with Crippen molar-refractivity contribution in [2.24, 2.45) is 0 Å². The monoisotopic (exact) mass is 301 g/mol. The second-order valence-corrected chi connectivity index (χ2v) is 5.23. The summed E-state index contributed by atoms with van der Waals surface area (Å²) in [6, 6.07) is 1.33. The van der Waals surface area contributed by atoms with Crippen LogP contribution >= 0.6 is 0 Å². The summed E-state index contributed by atoms with van der Waals surface area (Å²) in [7, 11) is 0. The SMILES string of the molecule is O=C(O)C1=CC[C@@H]2C(=Cc3cc4n(n3)CCOC4=O)C(=O)N12. The normalized spacial score (nSPS) is 24.5. The van der Waals surface area contributed by atoms with Gasteiger partial charge < -0.3 is 9.84 Å². The van der Waals surface area contributed by atoms with Crippen LogP contribution in [0.15, 0.2) is 23.4 Å². The van der Waals surface area contributed by atoms with E-state index in [2.05, 4.69) is 5.10 Å². The Morgan fingerprint density at radius 1 is 1.45 bits per heavy atom. The molecule has 3 aliphatic heterocycles. The fourth-order valence-corrected chi connectivity index (χ4v) is 2.98. The van der Waals surface area contributed by atoms with Crippen molar-refractivity contribution in [2.75, 3.05) is 6.61 Å². The van der Waals surface area contributed by atoms with E-state index >= 15 is 0 Å². The average Bonchev–Trinajstić information content (AvgIpc) is 3.07. The van der Waals surface area contributed by atoms with Crippen LogP contribution in [-0.2, 0) is 20.9 Å². The molecule has 4 heterocycles. The highest BCUT2D eigenvalue weighted by molar-refractivity contribution is 6.11. The van der Waals surface area contributed by atoms with Gasteiger partial charge >= 0.3 is 11.9 Å². The number of nitrogens with zero attached hydrogens (tertiary/aromatic N) is 3. The lowest BCUT2D eigenvalue weighted by Crippen LogP contribution is -2.52. The first-order valence-electron chi connectivity index (χ1n) is 6.80. The molecule has 8 nitrogen and oxygen atoms in total. The summed E-state index contributed by atoms with van der Waals surface area (Å²) in [5.74, 6) is -1.86. The van der Waals surface area contributed by atoms with Crippen LogP contribution in [0.4, 0.5) is 0 Å². The Labute approximate surface area is 124 Å². The third-order valence-electron chi connectivity index (χ3n) is 4.00. The van der Waals surface area contributed by atoms with Crippen molar-refractivity contribution in [1.82, 2.24) is 14.7 Å². The van der Waals surface area contributed by atoms with Gasteiger partial charge in [-0.1, -0.05) is 6.08 Å². The number of esters is 1. The highest BCUT2D eigenvalue weighted by atomic mass is 16.5. The van der Waals surface area contributed by atoms with Gasteiger partial charge in [0.2, 0.25) is 0 Å². The van der Waals surface area contributed by atoms with E-state index in [-0.39, 0.29) is 24.3 Å². The van der Waals surface area contributed by atoms with Gasteiger partial charge in [-0.05, 0) is 18.6 Å². The summed E-state index contributed by atoms with van der Waals surface area (Å²) >= 11 is 0. The Balaban J connectivity index is 1.62. The molecule has 1 fully saturated rings. The molecule has 1 amide bonds. The molecule has 1 aromatic heterocycles.